The lowest BCUT2D eigenvalue weighted by Gasteiger charge is -2.32. The molecule has 2 aliphatic rings. The van der Waals surface area contributed by atoms with Crippen LogP contribution in [0.15, 0.2) is 29.3 Å². The number of hydrogen-bond donors (Lipinski definition) is 3. The van der Waals surface area contributed by atoms with E-state index in [9.17, 15) is 5.11 Å². The van der Waals surface area contributed by atoms with Crippen molar-refractivity contribution in [3.8, 4) is 0 Å². The number of aliphatic imine (C=N–C) groups is 1. The Morgan fingerprint density at radius 1 is 1.10 bits per heavy atom. The summed E-state index contributed by atoms with van der Waals surface area (Å²) < 4.78 is 5.61. The van der Waals surface area contributed by atoms with Crippen molar-refractivity contribution in [2.75, 3.05) is 40.0 Å². The van der Waals surface area contributed by atoms with Crippen LogP contribution in [0.2, 0.25) is 0 Å². The van der Waals surface area contributed by atoms with Crippen molar-refractivity contribution >= 4 is 5.96 Å². The van der Waals surface area contributed by atoms with Gasteiger partial charge in [0, 0.05) is 44.2 Å². The third kappa shape index (κ3) is 5.32. The predicted octanol–water partition coefficient (Wildman–Crippen LogP) is 3.58. The van der Waals surface area contributed by atoms with E-state index in [1.165, 1.54) is 36.8 Å². The highest BCUT2D eigenvalue weighted by molar-refractivity contribution is 5.79. The molecule has 0 radical (unpaired) electrons. The van der Waals surface area contributed by atoms with Gasteiger partial charge in [-0.2, -0.15) is 0 Å². The largest absolute Gasteiger partial charge is 0.396 e. The first-order valence-electron chi connectivity index (χ1n) is 11.3. The molecule has 29 heavy (non-hydrogen) atoms. The summed E-state index contributed by atoms with van der Waals surface area (Å²) in [4.78, 5) is 4.45. The molecule has 1 aliphatic carbocycles. The van der Waals surface area contributed by atoms with Crippen molar-refractivity contribution in [1.82, 2.24) is 10.6 Å². The third-order valence-electron chi connectivity index (χ3n) is 7.03. The fraction of sp³-hybridized carbons (Fsp3) is 0.708. The Bertz CT molecular complexity index is 657. The Balaban J connectivity index is 1.63. The minimum Gasteiger partial charge on any atom is -0.396 e. The van der Waals surface area contributed by atoms with Gasteiger partial charge in [-0.3, -0.25) is 4.99 Å². The van der Waals surface area contributed by atoms with E-state index in [1.807, 2.05) is 7.05 Å². The van der Waals surface area contributed by atoms with Crippen LogP contribution in [0.1, 0.15) is 69.4 Å². The van der Waals surface area contributed by atoms with Gasteiger partial charge in [-0.25, -0.2) is 0 Å². The molecule has 1 saturated carbocycles. The average Bonchev–Trinajstić information content (AvgIpc) is 3.39. The van der Waals surface area contributed by atoms with Crippen molar-refractivity contribution in [1.29, 1.82) is 0 Å². The van der Waals surface area contributed by atoms with Gasteiger partial charge in [-0.05, 0) is 42.7 Å². The van der Waals surface area contributed by atoms with Crippen molar-refractivity contribution in [3.63, 3.8) is 0 Å². The summed E-state index contributed by atoms with van der Waals surface area (Å²) in [6.45, 7) is 7.87. The molecule has 1 atom stereocenters. The van der Waals surface area contributed by atoms with Gasteiger partial charge >= 0.3 is 0 Å². The summed E-state index contributed by atoms with van der Waals surface area (Å²) in [6, 6.07) is 9.27. The molecule has 1 aromatic rings. The van der Waals surface area contributed by atoms with Crippen LogP contribution in [0.5, 0.6) is 0 Å². The zero-order chi connectivity index (χ0) is 20.7. The predicted molar refractivity (Wildman–Crippen MR) is 120 cm³/mol. The maximum Gasteiger partial charge on any atom is 0.191 e. The Labute approximate surface area is 176 Å². The van der Waals surface area contributed by atoms with Crippen molar-refractivity contribution in [2.45, 2.75) is 63.7 Å². The van der Waals surface area contributed by atoms with Gasteiger partial charge in [-0.15, -0.1) is 0 Å². The summed E-state index contributed by atoms with van der Waals surface area (Å²) >= 11 is 0. The molecule has 5 heteroatoms. The zero-order valence-electron chi connectivity index (χ0n) is 18.5. The number of rotatable bonds is 8. The lowest BCUT2D eigenvalue weighted by Crippen LogP contribution is -2.48. The molecule has 0 bridgehead atoms. The van der Waals surface area contributed by atoms with Crippen molar-refractivity contribution in [3.05, 3.63) is 35.4 Å². The van der Waals surface area contributed by atoms with Gasteiger partial charge in [0.2, 0.25) is 0 Å². The molecule has 1 saturated heterocycles. The maximum atomic E-state index is 9.45. The Hall–Kier alpha value is -1.59. The minimum absolute atomic E-state index is 0.0179. The van der Waals surface area contributed by atoms with Crippen molar-refractivity contribution < 1.29 is 9.84 Å². The molecule has 1 heterocycles. The van der Waals surface area contributed by atoms with Crippen LogP contribution < -0.4 is 10.6 Å². The Morgan fingerprint density at radius 3 is 2.34 bits per heavy atom. The number of nitrogens with one attached hydrogen (secondary N) is 2. The number of hydrogen-bond acceptors (Lipinski definition) is 3. The number of nitrogens with zero attached hydrogens (tertiary/aromatic N) is 1. The quantitative estimate of drug-likeness (QED) is 0.460. The van der Waals surface area contributed by atoms with Crippen LogP contribution in [0.3, 0.4) is 0 Å². The normalized spacial score (nSPS) is 24.2. The second-order valence-corrected chi connectivity index (χ2v) is 9.32. The van der Waals surface area contributed by atoms with Crippen molar-refractivity contribution in [2.24, 2.45) is 10.4 Å². The second kappa shape index (κ2) is 9.94. The molecule has 162 valence electrons. The van der Waals surface area contributed by atoms with E-state index in [1.54, 1.807) is 0 Å². The number of aliphatic hydroxyl groups is 1. The van der Waals surface area contributed by atoms with E-state index in [0.717, 1.165) is 38.5 Å². The highest BCUT2D eigenvalue weighted by Crippen LogP contribution is 2.41. The van der Waals surface area contributed by atoms with E-state index in [2.05, 4.69) is 53.7 Å². The van der Waals surface area contributed by atoms with Crippen LogP contribution in [0.25, 0.3) is 0 Å². The van der Waals surface area contributed by atoms with Crippen LogP contribution in [-0.4, -0.2) is 51.0 Å². The summed E-state index contributed by atoms with van der Waals surface area (Å²) in [5.74, 6) is 1.41. The molecule has 0 amide bonds. The monoisotopic (exact) mass is 401 g/mol. The lowest BCUT2D eigenvalue weighted by molar-refractivity contribution is 0.127. The molecule has 0 aromatic heterocycles. The fourth-order valence-electron chi connectivity index (χ4n) is 4.90. The minimum atomic E-state index is 0.0179. The number of ether oxygens (including phenoxy) is 1. The fourth-order valence-corrected chi connectivity index (χ4v) is 4.90. The summed E-state index contributed by atoms with van der Waals surface area (Å²) in [5.41, 5.74) is 3.06. The van der Waals surface area contributed by atoms with Crippen LogP contribution >= 0.6 is 0 Å². The summed E-state index contributed by atoms with van der Waals surface area (Å²) in [7, 11) is 1.83. The van der Waals surface area contributed by atoms with Gasteiger partial charge in [0.05, 0.1) is 6.61 Å². The molecule has 2 fully saturated rings. The van der Waals surface area contributed by atoms with E-state index < -0.39 is 0 Å². The number of aliphatic hydroxyl groups excluding tert-OH is 1. The smallest absolute Gasteiger partial charge is 0.191 e. The molecule has 1 unspecified atom stereocenters. The average molecular weight is 402 g/mol. The van der Waals surface area contributed by atoms with E-state index in [4.69, 9.17) is 4.74 Å². The number of guanidine groups is 1. The van der Waals surface area contributed by atoms with Gasteiger partial charge in [-0.1, -0.05) is 51.0 Å². The van der Waals surface area contributed by atoms with E-state index in [0.29, 0.717) is 12.5 Å². The molecule has 1 aliphatic heterocycles. The molecule has 3 rings (SSSR count). The lowest BCUT2D eigenvalue weighted by atomic mass is 9.78. The van der Waals surface area contributed by atoms with Crippen LogP contribution in [0.4, 0.5) is 0 Å². The van der Waals surface area contributed by atoms with E-state index in [-0.39, 0.29) is 17.4 Å². The Kier molecular flexibility index (Phi) is 7.58. The first-order chi connectivity index (χ1) is 14.0. The highest BCUT2D eigenvalue weighted by Gasteiger charge is 2.37. The molecular weight excluding hydrogens is 362 g/mol. The topological polar surface area (TPSA) is 65.9 Å². The Morgan fingerprint density at radius 2 is 1.79 bits per heavy atom. The molecule has 0 spiro atoms. The van der Waals surface area contributed by atoms with Crippen LogP contribution in [-0.2, 0) is 10.2 Å². The zero-order valence-corrected chi connectivity index (χ0v) is 18.5. The first kappa shape index (κ1) is 22.1. The van der Waals surface area contributed by atoms with Gasteiger partial charge in [0.1, 0.15) is 0 Å². The SMILES string of the molecule is CN=C(NCC1(CCO)CCOC1)NCC1(c2ccc(C(C)C)cc2)CCCC1. The standard InChI is InChI=1S/C24H39N3O2/c1-19(2)20-6-8-21(9-7-20)24(10-4-5-11-24)17-27-22(25-3)26-16-23(12-14-28)13-15-29-18-23/h6-9,19,28H,4-5,10-18H2,1-3H3,(H2,25,26,27). The second-order valence-electron chi connectivity index (χ2n) is 9.32. The van der Waals surface area contributed by atoms with E-state index >= 15 is 0 Å². The van der Waals surface area contributed by atoms with Gasteiger partial charge in [0.25, 0.3) is 0 Å². The summed E-state index contributed by atoms with van der Waals surface area (Å²) in [5, 5.41) is 16.6. The maximum absolute atomic E-state index is 9.45. The molecule has 3 N–H and O–H groups in total. The number of benzene rings is 1. The molecule has 1 aromatic carbocycles. The molecular formula is C24H39N3O2. The highest BCUT2D eigenvalue weighted by atomic mass is 16.5. The van der Waals surface area contributed by atoms with Crippen LogP contribution in [0, 0.1) is 5.41 Å². The molecule has 5 nitrogen and oxygen atoms in total. The third-order valence-corrected chi connectivity index (χ3v) is 7.03. The van der Waals surface area contributed by atoms with Gasteiger partial charge < -0.3 is 20.5 Å². The van der Waals surface area contributed by atoms with Gasteiger partial charge in [0.15, 0.2) is 5.96 Å². The first-order valence-corrected chi connectivity index (χ1v) is 11.3. The summed E-state index contributed by atoms with van der Waals surface area (Å²) in [6.07, 6.45) is 6.78.